The van der Waals surface area contributed by atoms with E-state index in [1.165, 1.54) is 0 Å². The van der Waals surface area contributed by atoms with E-state index in [-0.39, 0.29) is 11.7 Å². The average molecular weight is 319 g/mol. The van der Waals surface area contributed by atoms with Crippen LogP contribution in [0.25, 0.3) is 11.1 Å². The molecule has 112 valence electrons. The molecule has 0 aliphatic heterocycles. The monoisotopic (exact) mass is 319 g/mol. The Morgan fingerprint density at radius 1 is 0.913 bits per heavy atom. The summed E-state index contributed by atoms with van der Waals surface area (Å²) in [5.41, 5.74) is 3.67. The van der Waals surface area contributed by atoms with Gasteiger partial charge in [-0.1, -0.05) is 36.4 Å². The lowest BCUT2D eigenvalue weighted by molar-refractivity contribution is 0.0951. The molecule has 0 radical (unpaired) electrons. The first-order valence-electron chi connectivity index (χ1n) is 7.33. The molecule has 3 aromatic rings. The zero-order chi connectivity index (χ0) is 15.8. The van der Waals surface area contributed by atoms with Crippen molar-refractivity contribution in [2.24, 2.45) is 0 Å². The molecule has 0 fully saturated rings. The Kier molecular flexibility index (Phi) is 3.32. The first kappa shape index (κ1) is 13.9. The third kappa shape index (κ3) is 2.37. The van der Waals surface area contributed by atoms with Crippen LogP contribution in [-0.4, -0.2) is 11.7 Å². The molecule has 1 heterocycles. The van der Waals surface area contributed by atoms with Crippen LogP contribution in [0.15, 0.2) is 60.0 Å². The van der Waals surface area contributed by atoms with Crippen LogP contribution in [0, 0.1) is 0 Å². The first-order valence-corrected chi connectivity index (χ1v) is 8.21. The fraction of sp³-hybridized carbons (Fsp3) is 0.0526. The summed E-state index contributed by atoms with van der Waals surface area (Å²) in [6.45, 7) is 0.502. The molecule has 3 nitrogen and oxygen atoms in total. The number of ketones is 1. The van der Waals surface area contributed by atoms with Gasteiger partial charge in [0.2, 0.25) is 0 Å². The van der Waals surface area contributed by atoms with E-state index in [1.54, 1.807) is 23.5 Å². The lowest BCUT2D eigenvalue weighted by Gasteiger charge is -2.06. The topological polar surface area (TPSA) is 46.2 Å². The Bertz CT molecular complexity index is 913. The molecule has 1 aliphatic carbocycles. The highest BCUT2D eigenvalue weighted by Crippen LogP contribution is 2.36. The SMILES string of the molecule is O=C(NCc1cccs1)c1ccc2c(c1)C(=O)c1ccccc1-2. The minimum atomic E-state index is -0.162. The van der Waals surface area contributed by atoms with Crippen LogP contribution in [0.3, 0.4) is 0 Å². The van der Waals surface area contributed by atoms with Gasteiger partial charge in [0.05, 0.1) is 6.54 Å². The van der Waals surface area contributed by atoms with Gasteiger partial charge < -0.3 is 5.32 Å². The lowest BCUT2D eigenvalue weighted by Crippen LogP contribution is -2.22. The highest BCUT2D eigenvalue weighted by Gasteiger charge is 2.26. The molecule has 4 heteroatoms. The van der Waals surface area contributed by atoms with Crippen molar-refractivity contribution in [2.45, 2.75) is 6.54 Å². The van der Waals surface area contributed by atoms with Crippen molar-refractivity contribution in [1.82, 2.24) is 5.32 Å². The van der Waals surface area contributed by atoms with E-state index in [4.69, 9.17) is 0 Å². The summed E-state index contributed by atoms with van der Waals surface area (Å²) < 4.78 is 0. The number of benzene rings is 2. The van der Waals surface area contributed by atoms with Gasteiger partial charge >= 0.3 is 0 Å². The third-order valence-corrected chi connectivity index (χ3v) is 4.87. The zero-order valence-electron chi connectivity index (χ0n) is 12.2. The fourth-order valence-corrected chi connectivity index (χ4v) is 3.50. The number of carbonyl (C=O) groups excluding carboxylic acids is 2. The second-order valence-electron chi connectivity index (χ2n) is 5.40. The van der Waals surface area contributed by atoms with E-state index >= 15 is 0 Å². The Morgan fingerprint density at radius 2 is 1.70 bits per heavy atom. The van der Waals surface area contributed by atoms with Crippen LogP contribution in [0.4, 0.5) is 0 Å². The number of thiophene rings is 1. The Morgan fingerprint density at radius 3 is 2.48 bits per heavy atom. The number of fused-ring (bicyclic) bond motifs is 3. The predicted octanol–water partition coefficient (Wildman–Crippen LogP) is 3.89. The fourth-order valence-electron chi connectivity index (χ4n) is 2.85. The van der Waals surface area contributed by atoms with E-state index in [0.29, 0.717) is 23.2 Å². The van der Waals surface area contributed by atoms with Crippen molar-refractivity contribution >= 4 is 23.0 Å². The van der Waals surface area contributed by atoms with Crippen molar-refractivity contribution in [1.29, 1.82) is 0 Å². The Hall–Kier alpha value is -2.72. The van der Waals surface area contributed by atoms with Gasteiger partial charge in [0.15, 0.2) is 5.78 Å². The molecule has 0 bridgehead atoms. The average Bonchev–Trinajstić information content (AvgIpc) is 3.20. The molecular weight excluding hydrogens is 306 g/mol. The molecule has 0 saturated carbocycles. The van der Waals surface area contributed by atoms with Crippen LogP contribution in [0.1, 0.15) is 31.2 Å². The number of nitrogens with one attached hydrogen (secondary N) is 1. The van der Waals surface area contributed by atoms with Gasteiger partial charge in [-0.15, -0.1) is 11.3 Å². The highest BCUT2D eigenvalue weighted by atomic mass is 32.1. The summed E-state index contributed by atoms with van der Waals surface area (Å²) in [7, 11) is 0. The maximum atomic E-state index is 12.5. The van der Waals surface area contributed by atoms with Gasteiger partial charge in [-0.05, 0) is 34.7 Å². The molecular formula is C19H13NO2S. The van der Waals surface area contributed by atoms with Crippen LogP contribution in [0.5, 0.6) is 0 Å². The van der Waals surface area contributed by atoms with Crippen molar-refractivity contribution in [3.63, 3.8) is 0 Å². The molecule has 4 rings (SSSR count). The molecule has 1 N–H and O–H groups in total. The van der Waals surface area contributed by atoms with Crippen molar-refractivity contribution < 1.29 is 9.59 Å². The molecule has 0 saturated heterocycles. The third-order valence-electron chi connectivity index (χ3n) is 3.99. The number of hydrogen-bond acceptors (Lipinski definition) is 3. The molecule has 0 unspecified atom stereocenters. The van der Waals surface area contributed by atoms with E-state index < -0.39 is 0 Å². The first-order chi connectivity index (χ1) is 11.2. The van der Waals surface area contributed by atoms with Gasteiger partial charge in [0.25, 0.3) is 5.91 Å². The van der Waals surface area contributed by atoms with Crippen LogP contribution in [-0.2, 0) is 6.54 Å². The van der Waals surface area contributed by atoms with Crippen LogP contribution < -0.4 is 5.32 Å². The minimum Gasteiger partial charge on any atom is -0.347 e. The highest BCUT2D eigenvalue weighted by molar-refractivity contribution is 7.09. The van der Waals surface area contributed by atoms with E-state index in [9.17, 15) is 9.59 Å². The largest absolute Gasteiger partial charge is 0.347 e. The number of carbonyl (C=O) groups is 2. The lowest BCUT2D eigenvalue weighted by atomic mass is 10.0. The quantitative estimate of drug-likeness (QED) is 0.623. The Labute approximate surface area is 137 Å². The van der Waals surface area contributed by atoms with Crippen molar-refractivity contribution in [2.75, 3.05) is 0 Å². The zero-order valence-corrected chi connectivity index (χ0v) is 13.0. The van der Waals surface area contributed by atoms with Crippen molar-refractivity contribution in [3.8, 4) is 11.1 Å². The molecule has 0 atom stereocenters. The van der Waals surface area contributed by atoms with Crippen molar-refractivity contribution in [3.05, 3.63) is 81.5 Å². The number of hydrogen-bond donors (Lipinski definition) is 1. The normalized spacial score (nSPS) is 11.9. The standard InChI is InChI=1S/C19H13NO2S/c21-18-16-6-2-1-5-14(16)15-8-7-12(10-17(15)18)19(22)20-11-13-4-3-9-23-13/h1-10H,11H2,(H,20,22). The number of amides is 1. The summed E-state index contributed by atoms with van der Waals surface area (Å²) in [4.78, 5) is 25.9. The van der Waals surface area contributed by atoms with Gasteiger partial charge in [0, 0.05) is 21.6 Å². The minimum absolute atomic E-state index is 0.0106. The van der Waals surface area contributed by atoms with E-state index in [1.807, 2.05) is 47.8 Å². The maximum Gasteiger partial charge on any atom is 0.251 e. The summed E-state index contributed by atoms with van der Waals surface area (Å²) in [5.74, 6) is -0.173. The van der Waals surface area contributed by atoms with E-state index in [2.05, 4.69) is 5.32 Å². The van der Waals surface area contributed by atoms with Crippen LogP contribution in [0.2, 0.25) is 0 Å². The Balaban J connectivity index is 1.61. The maximum absolute atomic E-state index is 12.5. The van der Waals surface area contributed by atoms with Gasteiger partial charge in [-0.25, -0.2) is 0 Å². The van der Waals surface area contributed by atoms with Gasteiger partial charge in [-0.2, -0.15) is 0 Å². The summed E-state index contributed by atoms with van der Waals surface area (Å²) in [6, 6.07) is 16.8. The summed E-state index contributed by atoms with van der Waals surface area (Å²) in [6.07, 6.45) is 0. The second-order valence-corrected chi connectivity index (χ2v) is 6.43. The summed E-state index contributed by atoms with van der Waals surface area (Å²) in [5, 5.41) is 4.87. The number of rotatable bonds is 3. The molecule has 0 spiro atoms. The predicted molar refractivity (Wildman–Crippen MR) is 90.8 cm³/mol. The molecule has 1 amide bonds. The van der Waals surface area contributed by atoms with Crippen LogP contribution >= 0.6 is 11.3 Å². The molecule has 23 heavy (non-hydrogen) atoms. The second kappa shape index (κ2) is 5.48. The smallest absolute Gasteiger partial charge is 0.251 e. The summed E-state index contributed by atoms with van der Waals surface area (Å²) >= 11 is 1.60. The van der Waals surface area contributed by atoms with Gasteiger partial charge in [-0.3, -0.25) is 9.59 Å². The molecule has 1 aliphatic rings. The van der Waals surface area contributed by atoms with E-state index in [0.717, 1.165) is 16.0 Å². The molecule has 1 aromatic heterocycles. The molecule has 2 aromatic carbocycles. The van der Waals surface area contributed by atoms with Gasteiger partial charge in [0.1, 0.15) is 0 Å².